The summed E-state index contributed by atoms with van der Waals surface area (Å²) in [5, 5.41) is 0. The van der Waals surface area contributed by atoms with Crippen LogP contribution >= 0.6 is 0 Å². The number of benzene rings is 1. The van der Waals surface area contributed by atoms with Crippen LogP contribution in [0.25, 0.3) is 0 Å². The molecule has 1 unspecified atom stereocenters. The third kappa shape index (κ3) is 3.34. The van der Waals surface area contributed by atoms with Crippen molar-refractivity contribution in [3.63, 3.8) is 0 Å². The SMILES string of the molecule is CCCCC(=O)N1C(=O)OCC1Cc1ccccc1. The number of ether oxygens (including phenoxy) is 1. The quantitative estimate of drug-likeness (QED) is 0.818. The molecule has 0 bridgehead atoms. The minimum Gasteiger partial charge on any atom is -0.447 e. The molecule has 0 N–H and O–H groups in total. The highest BCUT2D eigenvalue weighted by atomic mass is 16.6. The van der Waals surface area contributed by atoms with Crippen molar-refractivity contribution in [2.45, 2.75) is 38.6 Å². The molecule has 19 heavy (non-hydrogen) atoms. The van der Waals surface area contributed by atoms with Crippen molar-refractivity contribution in [1.29, 1.82) is 0 Å². The molecule has 0 saturated carbocycles. The van der Waals surface area contributed by atoms with E-state index in [1.165, 1.54) is 4.90 Å². The first-order valence-electron chi connectivity index (χ1n) is 6.75. The summed E-state index contributed by atoms with van der Waals surface area (Å²) in [4.78, 5) is 25.0. The first-order chi connectivity index (χ1) is 9.22. The van der Waals surface area contributed by atoms with Gasteiger partial charge in [0.2, 0.25) is 5.91 Å². The second-order valence-electron chi connectivity index (χ2n) is 4.79. The molecule has 2 amide bonds. The van der Waals surface area contributed by atoms with Gasteiger partial charge in [-0.3, -0.25) is 4.79 Å². The second kappa shape index (κ2) is 6.36. The molecule has 1 saturated heterocycles. The van der Waals surface area contributed by atoms with Crippen LogP contribution in [0, 0.1) is 0 Å². The van der Waals surface area contributed by atoms with E-state index >= 15 is 0 Å². The Balaban J connectivity index is 2.03. The summed E-state index contributed by atoms with van der Waals surface area (Å²) in [6.45, 7) is 2.32. The molecule has 0 aromatic heterocycles. The number of amides is 2. The monoisotopic (exact) mass is 261 g/mol. The number of carbonyl (C=O) groups excluding carboxylic acids is 2. The first kappa shape index (κ1) is 13.6. The van der Waals surface area contributed by atoms with Crippen LogP contribution in [-0.4, -0.2) is 29.5 Å². The van der Waals surface area contributed by atoms with Crippen LogP contribution in [0.1, 0.15) is 31.7 Å². The summed E-state index contributed by atoms with van der Waals surface area (Å²) in [5.74, 6) is -0.120. The van der Waals surface area contributed by atoms with Gasteiger partial charge in [0.15, 0.2) is 0 Å². The standard InChI is InChI=1S/C15H19NO3/c1-2-3-9-14(17)16-13(11-19-15(16)18)10-12-7-5-4-6-8-12/h4-8,13H,2-3,9-11H2,1H3. The Kier molecular flexibility index (Phi) is 4.55. The summed E-state index contributed by atoms with van der Waals surface area (Å²) in [6.07, 6.45) is 2.32. The maximum Gasteiger partial charge on any atom is 0.416 e. The van der Waals surface area contributed by atoms with Crippen molar-refractivity contribution >= 4 is 12.0 Å². The molecule has 1 aliphatic heterocycles. The fourth-order valence-corrected chi connectivity index (χ4v) is 2.25. The lowest BCUT2D eigenvalue weighted by atomic mass is 10.1. The predicted octanol–water partition coefficient (Wildman–Crippen LogP) is 2.77. The Labute approximate surface area is 113 Å². The molecule has 1 aliphatic rings. The van der Waals surface area contributed by atoms with Crippen molar-refractivity contribution in [1.82, 2.24) is 4.90 Å². The van der Waals surface area contributed by atoms with Crippen molar-refractivity contribution in [3.05, 3.63) is 35.9 Å². The van der Waals surface area contributed by atoms with E-state index in [9.17, 15) is 9.59 Å². The van der Waals surface area contributed by atoms with Gasteiger partial charge >= 0.3 is 6.09 Å². The molecular formula is C15H19NO3. The van der Waals surface area contributed by atoms with E-state index in [2.05, 4.69) is 0 Å². The first-order valence-corrected chi connectivity index (χ1v) is 6.75. The Morgan fingerprint density at radius 2 is 2.11 bits per heavy atom. The predicted molar refractivity (Wildman–Crippen MR) is 71.7 cm³/mol. The fourth-order valence-electron chi connectivity index (χ4n) is 2.25. The smallest absolute Gasteiger partial charge is 0.416 e. The van der Waals surface area contributed by atoms with Crippen molar-refractivity contribution in [2.24, 2.45) is 0 Å². The maximum atomic E-state index is 12.0. The van der Waals surface area contributed by atoms with Gasteiger partial charge < -0.3 is 4.74 Å². The summed E-state index contributed by atoms with van der Waals surface area (Å²) in [5.41, 5.74) is 1.11. The minimum atomic E-state index is -0.498. The number of imide groups is 1. The lowest BCUT2D eigenvalue weighted by molar-refractivity contribution is -0.129. The molecule has 1 aromatic carbocycles. The number of unbranched alkanes of at least 4 members (excludes halogenated alkanes) is 1. The van der Waals surface area contributed by atoms with Crippen molar-refractivity contribution < 1.29 is 14.3 Å². The van der Waals surface area contributed by atoms with E-state index < -0.39 is 6.09 Å². The highest BCUT2D eigenvalue weighted by Gasteiger charge is 2.37. The fraction of sp³-hybridized carbons (Fsp3) is 0.467. The lowest BCUT2D eigenvalue weighted by Gasteiger charge is -2.19. The number of hydrogen-bond acceptors (Lipinski definition) is 3. The van der Waals surface area contributed by atoms with Crippen molar-refractivity contribution in [2.75, 3.05) is 6.61 Å². The van der Waals surface area contributed by atoms with Gasteiger partial charge in [-0.2, -0.15) is 0 Å². The average Bonchev–Trinajstić information content (AvgIpc) is 2.78. The van der Waals surface area contributed by atoms with Crippen LogP contribution in [0.15, 0.2) is 30.3 Å². The molecule has 0 radical (unpaired) electrons. The molecular weight excluding hydrogens is 242 g/mol. The third-order valence-corrected chi connectivity index (χ3v) is 3.29. The molecule has 4 nitrogen and oxygen atoms in total. The summed E-state index contributed by atoms with van der Waals surface area (Å²) in [6, 6.07) is 9.69. The molecule has 4 heteroatoms. The zero-order chi connectivity index (χ0) is 13.7. The summed E-state index contributed by atoms with van der Waals surface area (Å²) in [7, 11) is 0. The van der Waals surface area contributed by atoms with E-state index in [4.69, 9.17) is 4.74 Å². The van der Waals surface area contributed by atoms with Gasteiger partial charge in [-0.05, 0) is 18.4 Å². The molecule has 1 atom stereocenters. The molecule has 2 rings (SSSR count). The van der Waals surface area contributed by atoms with E-state index in [0.29, 0.717) is 19.4 Å². The van der Waals surface area contributed by atoms with Crippen LogP contribution in [0.5, 0.6) is 0 Å². The Morgan fingerprint density at radius 3 is 2.79 bits per heavy atom. The number of rotatable bonds is 5. The molecule has 102 valence electrons. The van der Waals surface area contributed by atoms with E-state index in [1.807, 2.05) is 37.3 Å². The highest BCUT2D eigenvalue weighted by Crippen LogP contribution is 2.19. The Morgan fingerprint density at radius 1 is 1.37 bits per heavy atom. The number of hydrogen-bond donors (Lipinski definition) is 0. The van der Waals surface area contributed by atoms with Gasteiger partial charge in [-0.25, -0.2) is 9.69 Å². The second-order valence-corrected chi connectivity index (χ2v) is 4.79. The van der Waals surface area contributed by atoms with E-state index in [0.717, 1.165) is 18.4 Å². The molecule has 0 spiro atoms. The topological polar surface area (TPSA) is 46.6 Å². The van der Waals surface area contributed by atoms with Crippen LogP contribution in [0.4, 0.5) is 4.79 Å². The zero-order valence-corrected chi connectivity index (χ0v) is 11.2. The van der Waals surface area contributed by atoms with E-state index in [-0.39, 0.29) is 11.9 Å². The molecule has 1 heterocycles. The lowest BCUT2D eigenvalue weighted by Crippen LogP contribution is -2.40. The largest absolute Gasteiger partial charge is 0.447 e. The van der Waals surface area contributed by atoms with Crippen LogP contribution in [0.3, 0.4) is 0 Å². The Bertz CT molecular complexity index is 444. The Hall–Kier alpha value is -1.84. The van der Waals surface area contributed by atoms with Crippen molar-refractivity contribution in [3.8, 4) is 0 Å². The van der Waals surface area contributed by atoms with Gasteiger partial charge in [0.05, 0.1) is 6.04 Å². The normalized spacial score (nSPS) is 18.5. The number of nitrogens with zero attached hydrogens (tertiary/aromatic N) is 1. The zero-order valence-electron chi connectivity index (χ0n) is 11.2. The van der Waals surface area contributed by atoms with E-state index in [1.54, 1.807) is 0 Å². The molecule has 1 fully saturated rings. The minimum absolute atomic E-state index is 0.120. The van der Waals surface area contributed by atoms with Gasteiger partial charge in [-0.15, -0.1) is 0 Å². The highest BCUT2D eigenvalue weighted by molar-refractivity contribution is 5.93. The van der Waals surface area contributed by atoms with Crippen LogP contribution in [0.2, 0.25) is 0 Å². The molecule has 1 aromatic rings. The van der Waals surface area contributed by atoms with Crippen LogP contribution in [-0.2, 0) is 16.0 Å². The van der Waals surface area contributed by atoms with Gasteiger partial charge in [0, 0.05) is 6.42 Å². The summed E-state index contributed by atoms with van der Waals surface area (Å²) >= 11 is 0. The van der Waals surface area contributed by atoms with Gasteiger partial charge in [0.1, 0.15) is 6.61 Å². The van der Waals surface area contributed by atoms with Crippen LogP contribution < -0.4 is 0 Å². The number of carbonyl (C=O) groups is 2. The van der Waals surface area contributed by atoms with Gasteiger partial charge in [0.25, 0.3) is 0 Å². The third-order valence-electron chi connectivity index (χ3n) is 3.29. The maximum absolute atomic E-state index is 12.0. The average molecular weight is 261 g/mol. The number of cyclic esters (lactones) is 1. The molecule has 0 aliphatic carbocycles. The van der Waals surface area contributed by atoms with Gasteiger partial charge in [-0.1, -0.05) is 43.7 Å². The summed E-state index contributed by atoms with van der Waals surface area (Å²) < 4.78 is 5.02.